The number of hydrogen-bond donors (Lipinski definition) is 1. The van der Waals surface area contributed by atoms with E-state index in [0.29, 0.717) is 11.3 Å². The van der Waals surface area contributed by atoms with Crippen molar-refractivity contribution < 1.29 is 14.3 Å². The number of methoxy groups -OCH3 is 1. The van der Waals surface area contributed by atoms with E-state index < -0.39 is 5.97 Å². The number of carbonyl (C=O) groups is 1. The molecule has 0 aliphatic heterocycles. The van der Waals surface area contributed by atoms with Crippen molar-refractivity contribution in [3.8, 4) is 16.9 Å². The summed E-state index contributed by atoms with van der Waals surface area (Å²) in [5.41, 5.74) is 9.74. The number of pyridine rings is 1. The van der Waals surface area contributed by atoms with Gasteiger partial charge in [0.1, 0.15) is 22.6 Å². The number of nitrogen functional groups attached to an aromatic ring is 1. The molecule has 0 fully saturated rings. The average Bonchev–Trinajstić information content (AvgIpc) is 2.61. The first-order valence-corrected chi connectivity index (χ1v) is 8.07. The fourth-order valence-electron chi connectivity index (χ4n) is 2.99. The minimum absolute atomic E-state index is 0.133. The second kappa shape index (κ2) is 6.81. The molecule has 2 N–H and O–H groups in total. The van der Waals surface area contributed by atoms with Crippen LogP contribution < -0.4 is 10.5 Å². The van der Waals surface area contributed by atoms with Crippen LogP contribution in [0.4, 0.5) is 5.82 Å². The Balaban J connectivity index is 2.46. The van der Waals surface area contributed by atoms with Gasteiger partial charge in [-0.05, 0) is 31.0 Å². The molecule has 0 spiro atoms. The summed E-state index contributed by atoms with van der Waals surface area (Å²) in [5, 5.41) is 0.797. The van der Waals surface area contributed by atoms with E-state index >= 15 is 0 Å². The summed E-state index contributed by atoms with van der Waals surface area (Å²) < 4.78 is 10.6. The van der Waals surface area contributed by atoms with Crippen molar-refractivity contribution in [2.45, 2.75) is 13.8 Å². The Kier molecular flexibility index (Phi) is 4.57. The Hall–Kier alpha value is -3.08. The Labute approximate surface area is 146 Å². The normalized spacial score (nSPS) is 10.7. The molecule has 5 nitrogen and oxygen atoms in total. The molecule has 0 bridgehead atoms. The number of rotatable bonds is 4. The van der Waals surface area contributed by atoms with Gasteiger partial charge in [0.15, 0.2) is 0 Å². The zero-order valence-electron chi connectivity index (χ0n) is 14.5. The number of nitrogens with zero attached hydrogens (tertiary/aromatic N) is 1. The summed E-state index contributed by atoms with van der Waals surface area (Å²) in [4.78, 5) is 17.0. The molecule has 3 rings (SSSR count). The molecule has 0 saturated carbocycles. The van der Waals surface area contributed by atoms with Crippen LogP contribution in [0.5, 0.6) is 5.75 Å². The number of nitrogens with two attached hydrogens (primary N) is 1. The van der Waals surface area contributed by atoms with Crippen molar-refractivity contribution in [2.75, 3.05) is 19.5 Å². The number of esters is 1. The second-order valence-corrected chi connectivity index (χ2v) is 5.64. The molecule has 25 heavy (non-hydrogen) atoms. The van der Waals surface area contributed by atoms with Crippen LogP contribution in [-0.2, 0) is 4.74 Å². The molecule has 1 aromatic heterocycles. The molecule has 0 unspecified atom stereocenters. The lowest BCUT2D eigenvalue weighted by Crippen LogP contribution is -2.12. The molecule has 2 aromatic carbocycles. The Morgan fingerprint density at radius 1 is 1.16 bits per heavy atom. The molecule has 3 aromatic rings. The SMILES string of the molecule is CCOC(=O)c1c(N)nc2c(OC)cccc2c1-c1ccccc1C. The van der Waals surface area contributed by atoms with Gasteiger partial charge in [0.25, 0.3) is 0 Å². The third kappa shape index (κ3) is 2.89. The third-order valence-corrected chi connectivity index (χ3v) is 4.12. The molecule has 128 valence electrons. The van der Waals surface area contributed by atoms with Crippen LogP contribution in [-0.4, -0.2) is 24.7 Å². The molecule has 5 heteroatoms. The lowest BCUT2D eigenvalue weighted by Gasteiger charge is -2.17. The number of ether oxygens (including phenoxy) is 2. The Morgan fingerprint density at radius 3 is 2.60 bits per heavy atom. The number of benzene rings is 2. The van der Waals surface area contributed by atoms with Crippen molar-refractivity contribution in [2.24, 2.45) is 0 Å². The summed E-state index contributed by atoms with van der Waals surface area (Å²) in [6.07, 6.45) is 0. The summed E-state index contributed by atoms with van der Waals surface area (Å²) in [5.74, 6) is 0.263. The number of para-hydroxylation sites is 1. The highest BCUT2D eigenvalue weighted by molar-refractivity contribution is 6.11. The first-order chi connectivity index (χ1) is 12.1. The summed E-state index contributed by atoms with van der Waals surface area (Å²) in [7, 11) is 1.58. The van der Waals surface area contributed by atoms with Gasteiger partial charge in [-0.1, -0.05) is 36.4 Å². The highest BCUT2D eigenvalue weighted by atomic mass is 16.5. The monoisotopic (exact) mass is 336 g/mol. The Morgan fingerprint density at radius 2 is 1.92 bits per heavy atom. The van der Waals surface area contributed by atoms with Crippen LogP contribution >= 0.6 is 0 Å². The van der Waals surface area contributed by atoms with Crippen LogP contribution in [0.3, 0.4) is 0 Å². The smallest absolute Gasteiger partial charge is 0.342 e. The zero-order valence-corrected chi connectivity index (χ0v) is 14.5. The largest absolute Gasteiger partial charge is 0.494 e. The van der Waals surface area contributed by atoms with Gasteiger partial charge >= 0.3 is 5.97 Å². The van der Waals surface area contributed by atoms with Crippen LogP contribution in [0.2, 0.25) is 0 Å². The topological polar surface area (TPSA) is 74.4 Å². The highest BCUT2D eigenvalue weighted by Gasteiger charge is 2.24. The third-order valence-electron chi connectivity index (χ3n) is 4.12. The summed E-state index contributed by atoms with van der Waals surface area (Å²) in [6.45, 7) is 4.02. The van der Waals surface area contributed by atoms with E-state index in [0.717, 1.165) is 22.1 Å². The van der Waals surface area contributed by atoms with Crippen LogP contribution in [0.1, 0.15) is 22.8 Å². The number of anilines is 1. The number of aromatic nitrogens is 1. The average molecular weight is 336 g/mol. The molecule has 0 amide bonds. The fourth-order valence-corrected chi connectivity index (χ4v) is 2.99. The van der Waals surface area contributed by atoms with E-state index in [4.69, 9.17) is 15.2 Å². The van der Waals surface area contributed by atoms with Gasteiger partial charge in [0.2, 0.25) is 0 Å². The quantitative estimate of drug-likeness (QED) is 0.730. The number of hydrogen-bond acceptors (Lipinski definition) is 5. The maximum atomic E-state index is 12.6. The van der Waals surface area contributed by atoms with Gasteiger partial charge in [-0.25, -0.2) is 9.78 Å². The van der Waals surface area contributed by atoms with Gasteiger partial charge in [-0.3, -0.25) is 0 Å². The minimum Gasteiger partial charge on any atom is -0.494 e. The fraction of sp³-hybridized carbons (Fsp3) is 0.200. The van der Waals surface area contributed by atoms with Gasteiger partial charge in [0, 0.05) is 10.9 Å². The van der Waals surface area contributed by atoms with E-state index in [1.165, 1.54) is 0 Å². The van der Waals surface area contributed by atoms with Crippen LogP contribution in [0.25, 0.3) is 22.0 Å². The first kappa shape index (κ1) is 16.8. The molecule has 0 aliphatic carbocycles. The van der Waals surface area contributed by atoms with Crippen molar-refractivity contribution in [1.82, 2.24) is 4.98 Å². The molecule has 0 aliphatic rings. The maximum absolute atomic E-state index is 12.6. The number of carbonyl (C=O) groups excluding carboxylic acids is 1. The lowest BCUT2D eigenvalue weighted by atomic mass is 9.92. The maximum Gasteiger partial charge on any atom is 0.342 e. The molecule has 0 saturated heterocycles. The molecule has 0 radical (unpaired) electrons. The van der Waals surface area contributed by atoms with E-state index in [2.05, 4.69) is 4.98 Å². The van der Waals surface area contributed by atoms with E-state index in [9.17, 15) is 4.79 Å². The van der Waals surface area contributed by atoms with E-state index in [-0.39, 0.29) is 18.0 Å². The van der Waals surface area contributed by atoms with Crippen molar-refractivity contribution in [3.05, 3.63) is 53.6 Å². The predicted octanol–water partition coefficient (Wildman–Crippen LogP) is 3.98. The van der Waals surface area contributed by atoms with E-state index in [1.807, 2.05) is 49.4 Å². The standard InChI is InChI=1S/C20H20N2O3/c1-4-25-20(23)17-16(13-9-6-5-8-12(13)2)14-10-7-11-15(24-3)18(14)22-19(17)21/h5-11H,4H2,1-3H3,(H2,21,22). The van der Waals surface area contributed by atoms with Crippen molar-refractivity contribution in [3.63, 3.8) is 0 Å². The minimum atomic E-state index is -0.476. The van der Waals surface area contributed by atoms with Gasteiger partial charge in [-0.15, -0.1) is 0 Å². The molecule has 1 heterocycles. The van der Waals surface area contributed by atoms with Crippen molar-refractivity contribution in [1.29, 1.82) is 0 Å². The molecular formula is C20H20N2O3. The van der Waals surface area contributed by atoms with Crippen LogP contribution in [0.15, 0.2) is 42.5 Å². The molecular weight excluding hydrogens is 316 g/mol. The summed E-state index contributed by atoms with van der Waals surface area (Å²) >= 11 is 0. The van der Waals surface area contributed by atoms with Gasteiger partial charge in [-0.2, -0.15) is 0 Å². The molecule has 0 atom stereocenters. The van der Waals surface area contributed by atoms with Gasteiger partial charge < -0.3 is 15.2 Å². The predicted molar refractivity (Wildman–Crippen MR) is 98.8 cm³/mol. The zero-order chi connectivity index (χ0) is 18.0. The highest BCUT2D eigenvalue weighted by Crippen LogP contribution is 2.39. The number of aryl methyl sites for hydroxylation is 1. The number of fused-ring (bicyclic) bond motifs is 1. The van der Waals surface area contributed by atoms with E-state index in [1.54, 1.807) is 14.0 Å². The van der Waals surface area contributed by atoms with Gasteiger partial charge in [0.05, 0.1) is 13.7 Å². The lowest BCUT2D eigenvalue weighted by molar-refractivity contribution is 0.0528. The first-order valence-electron chi connectivity index (χ1n) is 8.07. The van der Waals surface area contributed by atoms with Crippen LogP contribution in [0, 0.1) is 6.92 Å². The Bertz CT molecular complexity index is 951. The second-order valence-electron chi connectivity index (χ2n) is 5.64. The van der Waals surface area contributed by atoms with Crippen molar-refractivity contribution >= 4 is 22.7 Å². The summed E-state index contributed by atoms with van der Waals surface area (Å²) in [6, 6.07) is 13.4.